The molecule has 1 amide bonds. The third kappa shape index (κ3) is 7.05. The zero-order chi connectivity index (χ0) is 18.4. The monoisotopic (exact) mass is 360 g/mol. The average molecular weight is 361 g/mol. The van der Waals surface area contributed by atoms with Crippen molar-refractivity contribution in [1.29, 1.82) is 0 Å². The lowest BCUT2D eigenvalue weighted by atomic mass is 10.0. The molecule has 0 bridgehead atoms. The second kappa shape index (κ2) is 8.36. The topological polar surface area (TPSA) is 60.9 Å². The van der Waals surface area contributed by atoms with Crippen LogP contribution in [0.1, 0.15) is 13.8 Å². The van der Waals surface area contributed by atoms with Crippen molar-refractivity contribution in [3.63, 3.8) is 0 Å². The van der Waals surface area contributed by atoms with E-state index in [1.54, 1.807) is 0 Å². The summed E-state index contributed by atoms with van der Waals surface area (Å²) in [6, 6.07) is 0. The van der Waals surface area contributed by atoms with Gasteiger partial charge in [-0.1, -0.05) is 17.5 Å². The quantitative estimate of drug-likeness (QED) is 0.463. The van der Waals surface area contributed by atoms with Gasteiger partial charge < -0.3 is 10.0 Å². The van der Waals surface area contributed by atoms with E-state index in [-0.39, 0.29) is 5.54 Å². The molecular weight excluding hydrogens is 344 g/mol. The Morgan fingerprint density at radius 3 is 1.87 bits per heavy atom. The second-order valence-corrected chi connectivity index (χ2v) is 5.50. The van der Waals surface area contributed by atoms with E-state index in [1.165, 1.54) is 4.90 Å². The molecule has 10 heteroatoms. The Labute approximate surface area is 136 Å². The Kier molecular flexibility index (Phi) is 7.80. The number of alkyl halides is 5. The van der Waals surface area contributed by atoms with Crippen LogP contribution in [0.4, 0.5) is 17.6 Å². The highest BCUT2D eigenvalue weighted by Crippen LogP contribution is 2.17. The molecule has 1 unspecified atom stereocenters. The molecule has 1 aliphatic rings. The highest BCUT2D eigenvalue weighted by atomic mass is 35.5. The van der Waals surface area contributed by atoms with Gasteiger partial charge in [-0.2, -0.15) is 13.2 Å². The predicted molar refractivity (Wildman–Crippen MR) is 75.5 cm³/mol. The van der Waals surface area contributed by atoms with Gasteiger partial charge in [0, 0.05) is 26.2 Å². The molecule has 1 saturated heterocycles. The van der Waals surface area contributed by atoms with Gasteiger partial charge in [-0.15, -0.1) is 6.42 Å². The van der Waals surface area contributed by atoms with Gasteiger partial charge in [-0.25, -0.2) is 9.18 Å². The molecule has 1 rings (SSSR count). The Hall–Kier alpha value is -1.53. The smallest absolute Gasteiger partial charge is 0.475 e. The van der Waals surface area contributed by atoms with Crippen LogP contribution in [0.2, 0.25) is 0 Å². The number of amides is 1. The molecular formula is C13H17ClF4N2O3. The van der Waals surface area contributed by atoms with E-state index in [9.17, 15) is 22.4 Å². The van der Waals surface area contributed by atoms with Crippen LogP contribution >= 0.6 is 11.6 Å². The molecule has 1 N–H and O–H groups in total. The van der Waals surface area contributed by atoms with Crippen molar-refractivity contribution in [3.05, 3.63) is 0 Å². The van der Waals surface area contributed by atoms with Crippen LogP contribution in [0.3, 0.4) is 0 Å². The standard InChI is InChI=1S/C11H16ClFN2O.C2HF3O2/c1-4-11(2,3)15-7-5-14(6-8-15)10(16)9(12)13;3-2(4,5)1(6)7/h1,9H,5-8H2,2-3H3;(H,6,7). The first kappa shape index (κ1) is 21.5. The minimum absolute atomic E-state index is 0.328. The second-order valence-electron chi connectivity index (χ2n) is 5.12. The Morgan fingerprint density at radius 1 is 1.22 bits per heavy atom. The molecule has 0 spiro atoms. The molecule has 0 saturated carbocycles. The van der Waals surface area contributed by atoms with Crippen molar-refractivity contribution < 1.29 is 32.3 Å². The van der Waals surface area contributed by atoms with Gasteiger partial charge in [0.05, 0.1) is 5.54 Å². The molecule has 1 aliphatic heterocycles. The first-order valence-electron chi connectivity index (χ1n) is 6.42. The van der Waals surface area contributed by atoms with E-state index >= 15 is 0 Å². The molecule has 0 aromatic heterocycles. The molecule has 1 atom stereocenters. The van der Waals surface area contributed by atoms with Gasteiger partial charge in [0.2, 0.25) is 0 Å². The summed E-state index contributed by atoms with van der Waals surface area (Å²) in [6.45, 7) is 6.13. The van der Waals surface area contributed by atoms with Crippen LogP contribution in [0, 0.1) is 12.3 Å². The number of carbonyl (C=O) groups excluding carboxylic acids is 1. The van der Waals surface area contributed by atoms with Crippen LogP contribution in [-0.4, -0.2) is 70.3 Å². The number of carboxylic acids is 1. The van der Waals surface area contributed by atoms with Gasteiger partial charge in [-0.05, 0) is 13.8 Å². The van der Waals surface area contributed by atoms with Gasteiger partial charge in [0.1, 0.15) is 0 Å². The minimum Gasteiger partial charge on any atom is -0.475 e. The number of hydrogen-bond donors (Lipinski definition) is 1. The van der Waals surface area contributed by atoms with E-state index in [1.807, 2.05) is 13.8 Å². The summed E-state index contributed by atoms with van der Waals surface area (Å²) >= 11 is 5.11. The van der Waals surface area contributed by atoms with Gasteiger partial charge in [0.25, 0.3) is 11.5 Å². The number of aliphatic carboxylic acids is 1. The SMILES string of the molecule is C#CC(C)(C)N1CCN(C(=O)C(F)Cl)CC1.O=C(O)C(F)(F)F. The summed E-state index contributed by atoms with van der Waals surface area (Å²) < 4.78 is 44.3. The third-order valence-corrected chi connectivity index (χ3v) is 3.35. The summed E-state index contributed by atoms with van der Waals surface area (Å²) in [4.78, 5) is 23.7. The van der Waals surface area contributed by atoms with Crippen molar-refractivity contribution in [3.8, 4) is 12.3 Å². The van der Waals surface area contributed by atoms with Gasteiger partial charge in [0.15, 0.2) is 0 Å². The largest absolute Gasteiger partial charge is 0.490 e. The summed E-state index contributed by atoms with van der Waals surface area (Å²) in [7, 11) is 0. The zero-order valence-corrected chi connectivity index (χ0v) is 13.3. The number of terminal acetylenes is 1. The number of hydrogen-bond acceptors (Lipinski definition) is 3. The lowest BCUT2D eigenvalue weighted by Crippen LogP contribution is -2.56. The van der Waals surface area contributed by atoms with Gasteiger partial charge >= 0.3 is 12.1 Å². The van der Waals surface area contributed by atoms with Crippen molar-refractivity contribution in [2.75, 3.05) is 26.2 Å². The molecule has 0 aromatic rings. The van der Waals surface area contributed by atoms with Gasteiger partial charge in [-0.3, -0.25) is 9.69 Å². The number of carbonyl (C=O) groups is 2. The Morgan fingerprint density at radius 2 is 1.61 bits per heavy atom. The maximum atomic E-state index is 12.6. The van der Waals surface area contributed by atoms with E-state index in [4.69, 9.17) is 27.9 Å². The molecule has 0 aliphatic carbocycles. The highest BCUT2D eigenvalue weighted by Gasteiger charge is 2.38. The van der Waals surface area contributed by atoms with Crippen molar-refractivity contribution in [2.45, 2.75) is 31.2 Å². The molecule has 0 radical (unpaired) electrons. The highest BCUT2D eigenvalue weighted by molar-refractivity contribution is 6.29. The van der Waals surface area contributed by atoms with Crippen molar-refractivity contribution in [2.24, 2.45) is 0 Å². The lowest BCUT2D eigenvalue weighted by Gasteiger charge is -2.41. The fourth-order valence-electron chi connectivity index (χ4n) is 1.72. The minimum atomic E-state index is -5.08. The normalized spacial score (nSPS) is 17.6. The molecule has 0 aromatic carbocycles. The third-order valence-electron chi connectivity index (χ3n) is 3.16. The first-order valence-corrected chi connectivity index (χ1v) is 6.86. The molecule has 1 fully saturated rings. The van der Waals surface area contributed by atoms with Crippen molar-refractivity contribution in [1.82, 2.24) is 9.80 Å². The Bertz CT molecular complexity index is 467. The summed E-state index contributed by atoms with van der Waals surface area (Å²) in [5.41, 5.74) is -2.27. The van der Waals surface area contributed by atoms with Crippen LogP contribution in [0.15, 0.2) is 0 Å². The van der Waals surface area contributed by atoms with E-state index < -0.39 is 23.7 Å². The van der Waals surface area contributed by atoms with E-state index in [0.717, 1.165) is 0 Å². The van der Waals surface area contributed by atoms with E-state index in [0.29, 0.717) is 26.2 Å². The van der Waals surface area contributed by atoms with Crippen LogP contribution in [-0.2, 0) is 9.59 Å². The van der Waals surface area contributed by atoms with Crippen LogP contribution in [0.25, 0.3) is 0 Å². The number of halogens is 5. The predicted octanol–water partition coefficient (Wildman–Crippen LogP) is 1.71. The number of piperazine rings is 1. The molecule has 5 nitrogen and oxygen atoms in total. The maximum Gasteiger partial charge on any atom is 0.490 e. The first-order chi connectivity index (χ1) is 10.3. The summed E-state index contributed by atoms with van der Waals surface area (Å²) in [5, 5.41) is 7.12. The zero-order valence-electron chi connectivity index (χ0n) is 12.5. The Balaban J connectivity index is 0.000000585. The van der Waals surface area contributed by atoms with E-state index in [2.05, 4.69) is 10.8 Å². The fourth-order valence-corrected chi connectivity index (χ4v) is 1.85. The summed E-state index contributed by atoms with van der Waals surface area (Å²) in [5.74, 6) is -0.710. The number of carboxylic acid groups (broad SMARTS) is 1. The maximum absolute atomic E-state index is 12.6. The molecule has 23 heavy (non-hydrogen) atoms. The molecule has 1 heterocycles. The average Bonchev–Trinajstić information content (AvgIpc) is 2.46. The summed E-state index contributed by atoms with van der Waals surface area (Å²) in [6.07, 6.45) is 0.343. The lowest BCUT2D eigenvalue weighted by molar-refractivity contribution is -0.192. The number of rotatable bonds is 2. The van der Waals surface area contributed by atoms with Crippen LogP contribution in [0.5, 0.6) is 0 Å². The number of nitrogens with zero attached hydrogens (tertiary/aromatic N) is 2. The fraction of sp³-hybridized carbons (Fsp3) is 0.692. The molecule has 132 valence electrons. The van der Waals surface area contributed by atoms with Crippen molar-refractivity contribution >= 4 is 23.5 Å². The van der Waals surface area contributed by atoms with Crippen LogP contribution < -0.4 is 0 Å².